The van der Waals surface area contributed by atoms with Crippen LogP contribution in [0.3, 0.4) is 0 Å². The molecule has 0 aromatic heterocycles. The minimum atomic E-state index is 0.477. The van der Waals surface area contributed by atoms with Crippen LogP contribution in [0.15, 0.2) is 18.2 Å². The highest BCUT2D eigenvalue weighted by atomic mass is 35.5. The standard InChI is InChI=1S/C12H16ClN3O/c1-17-7-6-15-4-5-16-11-3-2-10(9-14)12(13)8-11/h2-3,8,15-16H,4-7H2,1H3. The van der Waals surface area contributed by atoms with E-state index in [1.54, 1.807) is 19.2 Å². The number of rotatable bonds is 7. The minimum absolute atomic E-state index is 0.477. The molecule has 92 valence electrons. The summed E-state index contributed by atoms with van der Waals surface area (Å²) in [5.41, 5.74) is 1.41. The van der Waals surface area contributed by atoms with E-state index in [4.69, 9.17) is 21.6 Å². The van der Waals surface area contributed by atoms with Crippen LogP contribution in [0.4, 0.5) is 5.69 Å². The topological polar surface area (TPSA) is 57.1 Å². The number of halogens is 1. The fraction of sp³-hybridized carbons (Fsp3) is 0.417. The zero-order valence-electron chi connectivity index (χ0n) is 9.79. The largest absolute Gasteiger partial charge is 0.384 e. The lowest BCUT2D eigenvalue weighted by Crippen LogP contribution is -2.25. The summed E-state index contributed by atoms with van der Waals surface area (Å²) in [6, 6.07) is 7.34. The van der Waals surface area contributed by atoms with Crippen molar-refractivity contribution in [3.05, 3.63) is 28.8 Å². The predicted molar refractivity (Wildman–Crippen MR) is 69.4 cm³/mol. The average Bonchev–Trinajstić information content (AvgIpc) is 2.34. The number of nitrogens with zero attached hydrogens (tertiary/aromatic N) is 1. The van der Waals surface area contributed by atoms with E-state index in [1.807, 2.05) is 12.1 Å². The van der Waals surface area contributed by atoms with Gasteiger partial charge in [0.1, 0.15) is 6.07 Å². The van der Waals surface area contributed by atoms with Gasteiger partial charge in [-0.15, -0.1) is 0 Å². The van der Waals surface area contributed by atoms with Crippen molar-refractivity contribution in [2.45, 2.75) is 0 Å². The van der Waals surface area contributed by atoms with E-state index in [2.05, 4.69) is 10.6 Å². The van der Waals surface area contributed by atoms with Gasteiger partial charge in [-0.25, -0.2) is 0 Å². The lowest BCUT2D eigenvalue weighted by Gasteiger charge is -2.08. The van der Waals surface area contributed by atoms with E-state index >= 15 is 0 Å². The second kappa shape index (κ2) is 7.91. The molecule has 2 N–H and O–H groups in total. The van der Waals surface area contributed by atoms with Gasteiger partial charge in [0.25, 0.3) is 0 Å². The summed E-state index contributed by atoms with van der Waals surface area (Å²) < 4.78 is 4.92. The van der Waals surface area contributed by atoms with Crippen LogP contribution in [0.25, 0.3) is 0 Å². The van der Waals surface area contributed by atoms with Crippen molar-refractivity contribution >= 4 is 17.3 Å². The van der Waals surface area contributed by atoms with E-state index < -0.39 is 0 Å². The molecule has 0 fully saturated rings. The Balaban J connectivity index is 2.28. The minimum Gasteiger partial charge on any atom is -0.384 e. The molecule has 0 amide bonds. The van der Waals surface area contributed by atoms with Gasteiger partial charge in [-0.3, -0.25) is 0 Å². The molecule has 1 aromatic carbocycles. The van der Waals surface area contributed by atoms with Gasteiger partial charge in [0.2, 0.25) is 0 Å². The number of hydrogen-bond donors (Lipinski definition) is 2. The van der Waals surface area contributed by atoms with Gasteiger partial charge in [-0.2, -0.15) is 5.26 Å². The molecule has 0 aliphatic carbocycles. The average molecular weight is 254 g/mol. The monoisotopic (exact) mass is 253 g/mol. The van der Waals surface area contributed by atoms with Crippen molar-refractivity contribution in [2.24, 2.45) is 0 Å². The van der Waals surface area contributed by atoms with Crippen molar-refractivity contribution in [1.82, 2.24) is 5.32 Å². The van der Waals surface area contributed by atoms with Crippen molar-refractivity contribution in [3.63, 3.8) is 0 Å². The van der Waals surface area contributed by atoms with Gasteiger partial charge >= 0.3 is 0 Å². The maximum Gasteiger partial charge on any atom is 0.101 e. The third-order valence-corrected chi connectivity index (χ3v) is 2.52. The quantitative estimate of drug-likeness (QED) is 0.729. The van der Waals surface area contributed by atoms with Crippen LogP contribution in [0.1, 0.15) is 5.56 Å². The number of anilines is 1. The van der Waals surface area contributed by atoms with Crippen LogP contribution in [0.2, 0.25) is 5.02 Å². The summed E-state index contributed by atoms with van der Waals surface area (Å²) in [7, 11) is 1.68. The summed E-state index contributed by atoms with van der Waals surface area (Å²) >= 11 is 5.92. The van der Waals surface area contributed by atoms with Gasteiger partial charge < -0.3 is 15.4 Å². The second-order valence-electron chi connectivity index (χ2n) is 3.48. The van der Waals surface area contributed by atoms with Crippen LogP contribution in [0.5, 0.6) is 0 Å². The lowest BCUT2D eigenvalue weighted by atomic mass is 10.2. The first-order valence-corrected chi connectivity index (χ1v) is 5.79. The van der Waals surface area contributed by atoms with Crippen molar-refractivity contribution in [3.8, 4) is 6.07 Å². The summed E-state index contributed by atoms with van der Waals surface area (Å²) in [6.45, 7) is 3.20. The Morgan fingerprint density at radius 1 is 1.35 bits per heavy atom. The molecule has 1 aromatic rings. The van der Waals surface area contributed by atoms with Crippen molar-refractivity contribution < 1.29 is 4.74 Å². The van der Waals surface area contributed by atoms with Gasteiger partial charge in [0.05, 0.1) is 17.2 Å². The molecule has 0 aliphatic rings. The third kappa shape index (κ3) is 5.05. The number of ether oxygens (including phenoxy) is 1. The molecule has 0 unspecified atom stereocenters. The number of methoxy groups -OCH3 is 1. The highest BCUT2D eigenvalue weighted by Gasteiger charge is 2.00. The van der Waals surface area contributed by atoms with E-state index in [1.165, 1.54) is 0 Å². The van der Waals surface area contributed by atoms with Crippen LogP contribution >= 0.6 is 11.6 Å². The Kier molecular flexibility index (Phi) is 6.41. The molecule has 0 radical (unpaired) electrons. The summed E-state index contributed by atoms with van der Waals surface area (Å²) in [5, 5.41) is 15.6. The summed E-state index contributed by atoms with van der Waals surface area (Å²) in [5.74, 6) is 0. The molecular formula is C12H16ClN3O. The number of nitriles is 1. The van der Waals surface area contributed by atoms with Crippen LogP contribution < -0.4 is 10.6 Å². The van der Waals surface area contributed by atoms with E-state index in [0.29, 0.717) is 17.2 Å². The Morgan fingerprint density at radius 2 is 2.18 bits per heavy atom. The third-order valence-electron chi connectivity index (χ3n) is 2.20. The fourth-order valence-electron chi connectivity index (χ4n) is 1.31. The first-order valence-electron chi connectivity index (χ1n) is 5.41. The first-order chi connectivity index (χ1) is 8.27. The number of nitrogens with one attached hydrogen (secondary N) is 2. The van der Waals surface area contributed by atoms with Gasteiger partial charge in [-0.1, -0.05) is 11.6 Å². The molecule has 0 spiro atoms. The highest BCUT2D eigenvalue weighted by molar-refractivity contribution is 6.32. The number of hydrogen-bond acceptors (Lipinski definition) is 4. The zero-order chi connectivity index (χ0) is 12.5. The molecule has 0 saturated carbocycles. The summed E-state index contributed by atoms with van der Waals surface area (Å²) in [6.07, 6.45) is 0. The fourth-order valence-corrected chi connectivity index (χ4v) is 1.53. The Morgan fingerprint density at radius 3 is 2.82 bits per heavy atom. The molecule has 1 rings (SSSR count). The lowest BCUT2D eigenvalue weighted by molar-refractivity contribution is 0.200. The zero-order valence-corrected chi connectivity index (χ0v) is 10.5. The van der Waals surface area contributed by atoms with Gasteiger partial charge in [0.15, 0.2) is 0 Å². The Bertz CT molecular complexity index is 390. The number of benzene rings is 1. The maximum absolute atomic E-state index is 8.73. The smallest absolute Gasteiger partial charge is 0.101 e. The van der Waals surface area contributed by atoms with E-state index in [9.17, 15) is 0 Å². The van der Waals surface area contributed by atoms with Crippen LogP contribution in [-0.4, -0.2) is 33.4 Å². The normalized spacial score (nSPS) is 9.94. The Hall–Kier alpha value is -1.28. The SMILES string of the molecule is COCCNCCNc1ccc(C#N)c(Cl)c1. The molecule has 0 atom stereocenters. The first kappa shape index (κ1) is 13.8. The van der Waals surface area contributed by atoms with E-state index in [0.717, 1.165) is 25.3 Å². The molecule has 17 heavy (non-hydrogen) atoms. The van der Waals surface area contributed by atoms with E-state index in [-0.39, 0.29) is 0 Å². The van der Waals surface area contributed by atoms with Gasteiger partial charge in [-0.05, 0) is 18.2 Å². The highest BCUT2D eigenvalue weighted by Crippen LogP contribution is 2.19. The van der Waals surface area contributed by atoms with Crippen molar-refractivity contribution in [2.75, 3.05) is 38.7 Å². The molecule has 0 heterocycles. The summed E-state index contributed by atoms with van der Waals surface area (Å²) in [4.78, 5) is 0. The maximum atomic E-state index is 8.73. The predicted octanol–water partition coefficient (Wildman–Crippen LogP) is 1.86. The molecule has 4 nitrogen and oxygen atoms in total. The molecule has 0 aliphatic heterocycles. The molecule has 5 heteroatoms. The molecule has 0 bridgehead atoms. The van der Waals surface area contributed by atoms with Crippen molar-refractivity contribution in [1.29, 1.82) is 5.26 Å². The Labute approximate surface area is 107 Å². The van der Waals surface area contributed by atoms with Crippen LogP contribution in [0, 0.1) is 11.3 Å². The van der Waals surface area contributed by atoms with Gasteiger partial charge in [0, 0.05) is 32.4 Å². The molecule has 0 saturated heterocycles. The van der Waals surface area contributed by atoms with Crippen LogP contribution in [-0.2, 0) is 4.74 Å². The second-order valence-corrected chi connectivity index (χ2v) is 3.88. The molecular weight excluding hydrogens is 238 g/mol.